The van der Waals surface area contributed by atoms with Gasteiger partial charge < -0.3 is 9.84 Å². The Morgan fingerprint density at radius 3 is 2.05 bits per heavy atom. The number of halogens is 6. The first kappa shape index (κ1) is 17.3. The van der Waals surface area contributed by atoms with Crippen molar-refractivity contribution in [2.75, 3.05) is 0 Å². The fourth-order valence-corrected chi connectivity index (χ4v) is 3.49. The van der Waals surface area contributed by atoms with Gasteiger partial charge in [-0.05, 0) is 38.0 Å². The molecule has 0 amide bonds. The van der Waals surface area contributed by atoms with Crippen LogP contribution < -0.4 is 0 Å². The van der Waals surface area contributed by atoms with Crippen molar-refractivity contribution in [2.24, 2.45) is 17.3 Å². The summed E-state index contributed by atoms with van der Waals surface area (Å²) >= 11 is 0. The standard InChI is InChI=1S/C13H15F6NO2/c1-10(12(14,15)16,13(17,18)19)22-9(21)11(6-20)5-7-2-3-8(11)4-7/h7-9,21H,2-5H2,1H3. The van der Waals surface area contributed by atoms with Crippen molar-refractivity contribution in [1.29, 1.82) is 5.26 Å². The van der Waals surface area contributed by atoms with Crippen LogP contribution in [0.4, 0.5) is 26.3 Å². The van der Waals surface area contributed by atoms with Crippen LogP contribution in [0.1, 0.15) is 32.6 Å². The van der Waals surface area contributed by atoms with Crippen LogP contribution in [-0.4, -0.2) is 29.4 Å². The summed E-state index contributed by atoms with van der Waals surface area (Å²) in [7, 11) is 0. The van der Waals surface area contributed by atoms with Crippen molar-refractivity contribution >= 4 is 0 Å². The van der Waals surface area contributed by atoms with Crippen molar-refractivity contribution in [2.45, 2.75) is 56.9 Å². The average Bonchev–Trinajstić information content (AvgIpc) is 2.96. The monoisotopic (exact) mass is 331 g/mol. The largest absolute Gasteiger partial charge is 0.426 e. The summed E-state index contributed by atoms with van der Waals surface area (Å²) in [5.74, 6) is -0.408. The van der Waals surface area contributed by atoms with Crippen LogP contribution in [0.3, 0.4) is 0 Å². The second kappa shape index (κ2) is 4.99. The fraction of sp³-hybridized carbons (Fsp3) is 0.923. The highest BCUT2D eigenvalue weighted by atomic mass is 19.4. The number of nitriles is 1. The van der Waals surface area contributed by atoms with E-state index in [0.717, 1.165) is 6.42 Å². The third-order valence-electron chi connectivity index (χ3n) is 4.97. The fourth-order valence-electron chi connectivity index (χ4n) is 3.49. The first-order valence-electron chi connectivity index (χ1n) is 6.78. The van der Waals surface area contributed by atoms with Gasteiger partial charge in [-0.2, -0.15) is 31.6 Å². The second-order valence-electron chi connectivity index (χ2n) is 6.23. The van der Waals surface area contributed by atoms with Crippen molar-refractivity contribution < 1.29 is 36.2 Å². The molecule has 126 valence electrons. The van der Waals surface area contributed by atoms with Crippen LogP contribution in [0.2, 0.25) is 0 Å². The van der Waals surface area contributed by atoms with Gasteiger partial charge in [-0.1, -0.05) is 6.42 Å². The van der Waals surface area contributed by atoms with Crippen LogP contribution in [0.25, 0.3) is 0 Å². The normalized spacial score (nSPS) is 33.8. The van der Waals surface area contributed by atoms with Crippen molar-refractivity contribution in [1.82, 2.24) is 0 Å². The lowest BCUT2D eigenvalue weighted by Crippen LogP contribution is -2.60. The summed E-state index contributed by atoms with van der Waals surface area (Å²) in [5.41, 5.74) is -6.23. The Kier molecular flexibility index (Phi) is 3.94. The predicted octanol–water partition coefficient (Wildman–Crippen LogP) is 3.53. The molecule has 2 fully saturated rings. The molecule has 2 aliphatic rings. The van der Waals surface area contributed by atoms with E-state index in [1.54, 1.807) is 6.07 Å². The van der Waals surface area contributed by atoms with Crippen LogP contribution in [0.5, 0.6) is 0 Å². The van der Waals surface area contributed by atoms with Crippen LogP contribution in [0, 0.1) is 28.6 Å². The number of aliphatic hydroxyl groups excluding tert-OH is 1. The van der Waals surface area contributed by atoms with Crippen LogP contribution in [0.15, 0.2) is 0 Å². The smallest absolute Gasteiger partial charge is 0.367 e. The van der Waals surface area contributed by atoms with Gasteiger partial charge in [0.25, 0.3) is 5.60 Å². The van der Waals surface area contributed by atoms with E-state index < -0.39 is 35.6 Å². The molecule has 2 rings (SSSR count). The summed E-state index contributed by atoms with van der Waals surface area (Å²) in [6, 6.07) is 1.72. The minimum absolute atomic E-state index is 0.0333. The molecular formula is C13H15F6NO2. The van der Waals surface area contributed by atoms with E-state index >= 15 is 0 Å². The molecule has 0 aromatic carbocycles. The lowest BCUT2D eigenvalue weighted by Gasteiger charge is -2.41. The molecule has 0 radical (unpaired) electrons. The summed E-state index contributed by atoms with van der Waals surface area (Å²) in [6.07, 6.45) is -12.1. The Bertz CT molecular complexity index is 468. The number of rotatable bonds is 3. The summed E-state index contributed by atoms with van der Waals surface area (Å²) in [4.78, 5) is 0. The summed E-state index contributed by atoms with van der Waals surface area (Å²) in [5, 5.41) is 19.2. The van der Waals surface area contributed by atoms with Gasteiger partial charge in [0.2, 0.25) is 0 Å². The molecular weight excluding hydrogens is 316 g/mol. The zero-order chi connectivity index (χ0) is 17.0. The molecule has 3 nitrogen and oxygen atoms in total. The van der Waals surface area contributed by atoms with E-state index in [9.17, 15) is 36.7 Å². The number of ether oxygens (including phenoxy) is 1. The molecule has 2 saturated carbocycles. The minimum atomic E-state index is -5.76. The Balaban J connectivity index is 2.30. The van der Waals surface area contributed by atoms with Gasteiger partial charge >= 0.3 is 12.4 Å². The first-order valence-corrected chi connectivity index (χ1v) is 6.78. The molecule has 0 aromatic rings. The van der Waals surface area contributed by atoms with E-state index in [1.165, 1.54) is 0 Å². The van der Waals surface area contributed by atoms with Crippen molar-refractivity contribution in [3.05, 3.63) is 0 Å². The number of fused-ring (bicyclic) bond motifs is 2. The van der Waals surface area contributed by atoms with Gasteiger partial charge in [0.1, 0.15) is 5.41 Å². The SMILES string of the molecule is CC(OC(O)C1(C#N)CC2CCC1C2)(C(F)(F)F)C(F)(F)F. The van der Waals surface area contributed by atoms with Crippen molar-refractivity contribution in [3.8, 4) is 6.07 Å². The van der Waals surface area contributed by atoms with E-state index in [1.807, 2.05) is 0 Å². The Labute approximate surface area is 122 Å². The molecule has 0 aliphatic heterocycles. The zero-order valence-electron chi connectivity index (χ0n) is 11.6. The maximum atomic E-state index is 12.8. The Hall–Kier alpha value is -1.01. The van der Waals surface area contributed by atoms with Crippen LogP contribution >= 0.6 is 0 Å². The zero-order valence-corrected chi connectivity index (χ0v) is 11.6. The van der Waals surface area contributed by atoms with E-state index in [0.29, 0.717) is 12.8 Å². The second-order valence-corrected chi connectivity index (χ2v) is 6.23. The molecule has 0 heterocycles. The third kappa shape index (κ3) is 2.36. The van der Waals surface area contributed by atoms with E-state index in [2.05, 4.69) is 4.74 Å². The third-order valence-corrected chi connectivity index (χ3v) is 4.97. The highest BCUT2D eigenvalue weighted by molar-refractivity contribution is 5.14. The maximum absolute atomic E-state index is 12.8. The van der Waals surface area contributed by atoms with Gasteiger partial charge in [0, 0.05) is 0 Å². The van der Waals surface area contributed by atoms with Gasteiger partial charge in [-0.25, -0.2) is 0 Å². The van der Waals surface area contributed by atoms with E-state index in [-0.39, 0.29) is 19.3 Å². The first-order chi connectivity index (χ1) is 9.87. The Morgan fingerprint density at radius 2 is 1.73 bits per heavy atom. The lowest BCUT2D eigenvalue weighted by atomic mass is 9.73. The summed E-state index contributed by atoms with van der Waals surface area (Å²) in [6.45, 7) is -0.172. The molecule has 4 unspecified atom stereocenters. The highest BCUT2D eigenvalue weighted by Gasteiger charge is 2.71. The number of alkyl halides is 6. The van der Waals surface area contributed by atoms with Gasteiger partial charge in [-0.3, -0.25) is 0 Å². The molecule has 0 spiro atoms. The molecule has 22 heavy (non-hydrogen) atoms. The van der Waals surface area contributed by atoms with E-state index in [4.69, 9.17) is 0 Å². The summed E-state index contributed by atoms with van der Waals surface area (Å²) < 4.78 is 81.0. The minimum Gasteiger partial charge on any atom is -0.367 e. The maximum Gasteiger partial charge on any atom is 0.426 e. The van der Waals surface area contributed by atoms with Crippen molar-refractivity contribution in [3.63, 3.8) is 0 Å². The number of hydrogen-bond acceptors (Lipinski definition) is 3. The van der Waals surface area contributed by atoms with Gasteiger partial charge in [0.05, 0.1) is 6.07 Å². The average molecular weight is 331 g/mol. The Morgan fingerprint density at radius 1 is 1.18 bits per heavy atom. The number of nitrogens with zero attached hydrogens (tertiary/aromatic N) is 1. The molecule has 4 atom stereocenters. The quantitative estimate of drug-likeness (QED) is 0.636. The van der Waals surface area contributed by atoms with Gasteiger partial charge in [0.15, 0.2) is 6.29 Å². The molecule has 1 N–H and O–H groups in total. The molecule has 0 aromatic heterocycles. The van der Waals surface area contributed by atoms with Crippen LogP contribution in [-0.2, 0) is 4.74 Å². The molecule has 2 aliphatic carbocycles. The molecule has 2 bridgehead atoms. The molecule has 9 heteroatoms. The lowest BCUT2D eigenvalue weighted by molar-refractivity contribution is -0.408. The molecule has 0 saturated heterocycles. The number of hydrogen-bond donors (Lipinski definition) is 1. The predicted molar refractivity (Wildman–Crippen MR) is 61.1 cm³/mol. The van der Waals surface area contributed by atoms with Gasteiger partial charge in [-0.15, -0.1) is 0 Å². The number of aliphatic hydroxyl groups is 1. The highest BCUT2D eigenvalue weighted by Crippen LogP contribution is 2.59. The topological polar surface area (TPSA) is 53.2 Å².